The Bertz CT molecular complexity index is 3070. The second kappa shape index (κ2) is 25.5. The molecular formula is C45H52Cl2N6O11S3. The summed E-state index contributed by atoms with van der Waals surface area (Å²) in [7, 11) is -9.76. The van der Waals surface area contributed by atoms with Crippen molar-refractivity contribution in [3.63, 3.8) is 0 Å². The van der Waals surface area contributed by atoms with Crippen LogP contribution in [0.1, 0.15) is 51.2 Å². The van der Waals surface area contributed by atoms with Crippen molar-refractivity contribution in [1.29, 1.82) is 0 Å². The third-order valence-electron chi connectivity index (χ3n) is 9.61. The number of nitrogens with zero attached hydrogens (tertiary/aromatic N) is 6. The first-order valence-corrected chi connectivity index (χ1v) is 26.7. The van der Waals surface area contributed by atoms with E-state index in [2.05, 4.69) is 15.0 Å². The molecule has 0 radical (unpaired) electrons. The highest BCUT2D eigenvalue weighted by atomic mass is 35.5. The van der Waals surface area contributed by atoms with Crippen LogP contribution in [0, 0.1) is 0 Å². The maximum absolute atomic E-state index is 12.4. The molecule has 17 nitrogen and oxygen atoms in total. The van der Waals surface area contributed by atoms with Crippen molar-refractivity contribution < 1.29 is 34.7 Å². The topological polar surface area (TPSA) is 226 Å². The molecule has 0 amide bonds. The molecule has 0 fully saturated rings. The molecular weight excluding hydrogens is 968 g/mol. The minimum Gasteiger partial charge on any atom is -0.497 e. The van der Waals surface area contributed by atoms with E-state index in [1.54, 1.807) is 86.8 Å². The van der Waals surface area contributed by atoms with E-state index in [1.807, 2.05) is 13.8 Å². The zero-order chi connectivity index (χ0) is 49.2. The Balaban J connectivity index is 0.000000219. The number of rotatable bonds is 19. The van der Waals surface area contributed by atoms with Crippen LogP contribution >= 0.6 is 23.2 Å². The van der Waals surface area contributed by atoms with E-state index in [-0.39, 0.29) is 28.9 Å². The van der Waals surface area contributed by atoms with Gasteiger partial charge in [0.05, 0.1) is 24.4 Å². The average Bonchev–Trinajstić information content (AvgIpc) is 3.30. The molecule has 3 heterocycles. The molecule has 0 spiro atoms. The summed E-state index contributed by atoms with van der Waals surface area (Å²) in [6.07, 6.45) is 11.3. The quantitative estimate of drug-likeness (QED) is 0.0892. The van der Waals surface area contributed by atoms with Gasteiger partial charge in [0.25, 0.3) is 16.7 Å². The fourth-order valence-corrected chi connectivity index (χ4v) is 10.0. The van der Waals surface area contributed by atoms with Gasteiger partial charge in [-0.3, -0.25) is 14.4 Å². The molecule has 22 heteroatoms. The normalized spacial score (nSPS) is 11.4. The molecule has 0 aliphatic carbocycles. The summed E-state index contributed by atoms with van der Waals surface area (Å²) in [6.45, 7) is 6.95. The van der Waals surface area contributed by atoms with Crippen LogP contribution in [0.5, 0.6) is 11.5 Å². The Morgan fingerprint density at radius 2 is 0.985 bits per heavy atom. The molecule has 67 heavy (non-hydrogen) atoms. The van der Waals surface area contributed by atoms with Gasteiger partial charge in [0.1, 0.15) is 18.1 Å². The lowest BCUT2D eigenvalue weighted by molar-refractivity contribution is 0.339. The Morgan fingerprint density at radius 3 is 1.48 bits per heavy atom. The van der Waals surface area contributed by atoms with Crippen LogP contribution in [-0.2, 0) is 61.3 Å². The fourth-order valence-electron chi connectivity index (χ4n) is 6.00. The number of benzene rings is 3. The summed E-state index contributed by atoms with van der Waals surface area (Å²) >= 11 is 11.6. The Hall–Kier alpha value is -5.67. The second-order valence-corrected chi connectivity index (χ2v) is 21.4. The van der Waals surface area contributed by atoms with Gasteiger partial charge >= 0.3 is 0 Å². The molecule has 0 saturated carbocycles. The van der Waals surface area contributed by atoms with E-state index in [4.69, 9.17) is 32.7 Å². The predicted molar refractivity (Wildman–Crippen MR) is 256 cm³/mol. The van der Waals surface area contributed by atoms with Crippen LogP contribution in [0.25, 0.3) is 0 Å². The van der Waals surface area contributed by atoms with E-state index in [0.717, 1.165) is 24.8 Å². The third-order valence-corrected chi connectivity index (χ3v) is 14.9. The third kappa shape index (κ3) is 16.0. The fraction of sp³-hybridized carbons (Fsp3) is 0.333. The van der Waals surface area contributed by atoms with Gasteiger partial charge in [0.2, 0.25) is 44.6 Å². The van der Waals surface area contributed by atoms with Crippen LogP contribution in [-0.4, -0.2) is 79.1 Å². The lowest BCUT2D eigenvalue weighted by Crippen LogP contribution is -2.29. The van der Waals surface area contributed by atoms with Crippen LogP contribution < -0.4 is 26.2 Å². The number of aryl methyl sites for hydroxylation is 4. The number of hydrogen-bond acceptors (Lipinski definition) is 14. The SMILES string of the molecule is CCCCn1ccnc(S(=O)(=O)Cc2ccc(Cl)cc2)c1=O.CCCn1ccnc(S(=O)(=O)CCc2ccc(Cl)cc2)c1=O.CCn1ccnc(S(=O)(=O)CCOc2ccc(OC)cc2)c1=O. The first-order valence-electron chi connectivity index (χ1n) is 21.0. The van der Waals surface area contributed by atoms with Gasteiger partial charge in [-0.2, -0.15) is 0 Å². The number of hydrogen-bond donors (Lipinski definition) is 0. The minimum atomic E-state index is -3.80. The highest BCUT2D eigenvalue weighted by Gasteiger charge is 2.24. The average molecular weight is 1020 g/mol. The monoisotopic (exact) mass is 1020 g/mol. The Morgan fingerprint density at radius 1 is 0.537 bits per heavy atom. The van der Waals surface area contributed by atoms with Gasteiger partial charge in [0, 0.05) is 66.9 Å². The van der Waals surface area contributed by atoms with E-state index < -0.39 is 56.2 Å². The highest BCUT2D eigenvalue weighted by molar-refractivity contribution is 7.91. The highest BCUT2D eigenvalue weighted by Crippen LogP contribution is 2.18. The molecule has 6 aromatic rings. The standard InChI is InChI=1S/2C15H17ClN2O3S.C15H18N2O5S/c1-2-9-18-10-8-17-14(15(18)19)22(20,21)11-7-12-3-5-13(16)6-4-12;1-2-3-9-18-10-8-17-14(15(18)19)22(20,21)11-12-4-6-13(16)7-5-12;1-3-17-9-8-16-14(15(17)18)23(19,20)11-10-22-13-6-4-12(21-2)5-7-13/h3-6,8,10H,2,7,9,11H2,1H3;4-8,10H,2-3,9,11H2,1H3;4-9H,3,10-11H2,1-2H3. The maximum Gasteiger partial charge on any atom is 0.288 e. The van der Waals surface area contributed by atoms with Crippen molar-refractivity contribution in [1.82, 2.24) is 28.7 Å². The summed E-state index contributed by atoms with van der Waals surface area (Å²) in [4.78, 5) is 47.7. The summed E-state index contributed by atoms with van der Waals surface area (Å²) in [5, 5.41) is -0.0988. The Kier molecular flexibility index (Phi) is 20.5. The lowest BCUT2D eigenvalue weighted by atomic mass is 10.2. The smallest absolute Gasteiger partial charge is 0.288 e. The van der Waals surface area contributed by atoms with Gasteiger partial charge in [-0.15, -0.1) is 0 Å². The molecule has 6 rings (SSSR count). The van der Waals surface area contributed by atoms with Crippen LogP contribution in [0.2, 0.25) is 10.0 Å². The van der Waals surface area contributed by atoms with Crippen molar-refractivity contribution in [3.05, 3.63) is 162 Å². The number of aromatic nitrogens is 6. The molecule has 0 aliphatic heterocycles. The number of unbranched alkanes of at least 4 members (excludes halogenated alkanes) is 1. The molecule has 3 aromatic heterocycles. The summed E-state index contributed by atoms with van der Waals surface area (Å²) in [5.74, 6) is 0.443. The molecule has 360 valence electrons. The first kappa shape index (κ1) is 53.9. The van der Waals surface area contributed by atoms with Crippen molar-refractivity contribution >= 4 is 52.7 Å². The molecule has 3 aromatic carbocycles. The van der Waals surface area contributed by atoms with Gasteiger partial charge < -0.3 is 23.2 Å². The van der Waals surface area contributed by atoms with Crippen molar-refractivity contribution in [2.45, 2.75) is 86.9 Å². The van der Waals surface area contributed by atoms with Crippen molar-refractivity contribution in [3.8, 4) is 11.5 Å². The number of ether oxygens (including phenoxy) is 2. The van der Waals surface area contributed by atoms with E-state index >= 15 is 0 Å². The lowest BCUT2D eigenvalue weighted by Gasteiger charge is -2.08. The van der Waals surface area contributed by atoms with Gasteiger partial charge in [-0.05, 0) is 85.8 Å². The van der Waals surface area contributed by atoms with E-state index in [9.17, 15) is 39.6 Å². The zero-order valence-electron chi connectivity index (χ0n) is 37.3. The molecule has 0 saturated heterocycles. The van der Waals surface area contributed by atoms with Gasteiger partial charge in [0.15, 0.2) is 0 Å². The minimum absolute atomic E-state index is 0.0726. The summed E-state index contributed by atoms with van der Waals surface area (Å²) < 4.78 is 88.5. The first-order chi connectivity index (χ1) is 31.8. The van der Waals surface area contributed by atoms with E-state index in [1.165, 1.54) is 50.9 Å². The van der Waals surface area contributed by atoms with Crippen LogP contribution in [0.4, 0.5) is 0 Å². The molecule has 0 unspecified atom stereocenters. The van der Waals surface area contributed by atoms with Crippen molar-refractivity contribution in [2.24, 2.45) is 0 Å². The number of sulfone groups is 3. The Labute approximate surface area is 399 Å². The molecule has 0 atom stereocenters. The van der Waals surface area contributed by atoms with E-state index in [0.29, 0.717) is 53.2 Å². The summed E-state index contributed by atoms with van der Waals surface area (Å²) in [5.41, 5.74) is -0.322. The largest absolute Gasteiger partial charge is 0.497 e. The number of methoxy groups -OCH3 is 1. The summed E-state index contributed by atoms with van der Waals surface area (Å²) in [6, 6.07) is 20.2. The molecule has 0 N–H and O–H groups in total. The number of halogens is 2. The van der Waals surface area contributed by atoms with Gasteiger partial charge in [-0.1, -0.05) is 67.7 Å². The van der Waals surface area contributed by atoms with Gasteiger partial charge in [-0.25, -0.2) is 40.2 Å². The predicted octanol–water partition coefficient (Wildman–Crippen LogP) is 6.12. The second-order valence-electron chi connectivity index (χ2n) is 14.6. The molecule has 0 bridgehead atoms. The van der Waals surface area contributed by atoms with Crippen molar-refractivity contribution in [2.75, 3.05) is 25.2 Å². The van der Waals surface area contributed by atoms with Crippen LogP contribution in [0.3, 0.4) is 0 Å². The van der Waals surface area contributed by atoms with Crippen LogP contribution in [0.15, 0.2) is 139 Å². The zero-order valence-corrected chi connectivity index (χ0v) is 41.3. The maximum atomic E-state index is 12.4. The molecule has 0 aliphatic rings.